The highest BCUT2D eigenvalue weighted by atomic mass is 16.3. The van der Waals surface area contributed by atoms with Crippen LogP contribution in [0.3, 0.4) is 0 Å². The highest BCUT2D eigenvalue weighted by molar-refractivity contribution is 6.09. The van der Waals surface area contributed by atoms with Crippen LogP contribution < -0.4 is 9.80 Å². The first kappa shape index (κ1) is 76.3. The molecule has 4 aliphatic rings. The van der Waals surface area contributed by atoms with E-state index in [9.17, 15) is 0 Å². The van der Waals surface area contributed by atoms with Crippen LogP contribution in [0.4, 0.5) is 34.1 Å². The minimum absolute atomic E-state index is 0.120. The lowest BCUT2D eigenvalue weighted by molar-refractivity contribution is 0.652. The average Bonchev–Trinajstić information content (AvgIpc) is 1.56. The Morgan fingerprint density at radius 3 is 0.914 bits per heavy atom. The second-order valence-electron chi connectivity index (χ2n) is 37.4. The molecule has 4 aliphatic carbocycles. The third-order valence-corrected chi connectivity index (χ3v) is 28.8. The number of nitrogens with zero attached hydrogens (tertiary/aromatic N) is 2. The topological polar surface area (TPSA) is 32.8 Å². The molecule has 0 fully saturated rings. The highest BCUT2D eigenvalue weighted by Crippen LogP contribution is 2.60. The van der Waals surface area contributed by atoms with Crippen molar-refractivity contribution in [2.75, 3.05) is 9.80 Å². The second kappa shape index (κ2) is 29.1. The molecule has 610 valence electrons. The zero-order valence-electron chi connectivity index (χ0n) is 73.0. The van der Waals surface area contributed by atoms with Crippen molar-refractivity contribution in [3.05, 3.63) is 457 Å². The lowest BCUT2D eigenvalue weighted by Gasteiger charge is -2.30. The maximum atomic E-state index is 6.32. The van der Waals surface area contributed by atoms with Crippen LogP contribution in [0.2, 0.25) is 0 Å². The van der Waals surface area contributed by atoms with Gasteiger partial charge in [0.15, 0.2) is 0 Å². The Bertz CT molecular complexity index is 8080. The van der Waals surface area contributed by atoms with Crippen molar-refractivity contribution in [2.24, 2.45) is 0 Å². The Morgan fingerprint density at radius 2 is 0.438 bits per heavy atom. The third kappa shape index (κ3) is 12.2. The Morgan fingerprint density at radius 1 is 0.156 bits per heavy atom. The van der Waals surface area contributed by atoms with Crippen LogP contribution in [0.5, 0.6) is 0 Å². The van der Waals surface area contributed by atoms with E-state index in [-0.39, 0.29) is 21.7 Å². The Kier molecular flexibility index (Phi) is 17.4. The molecule has 0 unspecified atom stereocenters. The monoisotopic (exact) mass is 1640 g/mol. The van der Waals surface area contributed by atoms with Gasteiger partial charge in [0.1, 0.15) is 22.3 Å². The number of anilines is 6. The summed E-state index contributed by atoms with van der Waals surface area (Å²) in [7, 11) is 0. The number of hydrogen-bond acceptors (Lipinski definition) is 4. The Labute approximate surface area is 747 Å². The number of hydrogen-bond donors (Lipinski definition) is 0. The third-order valence-electron chi connectivity index (χ3n) is 28.8. The SMILES string of the molecule is CC1(C)c2ccccc2-c2ccc(N(c3ccc(-c4ccc(-c5ccccc5)cc4)cc3)c3ccc4c(c3)C(C)(C)c3cc5c(cc3-4)C(C)(C)c3cc(-c4ccc6c(c4)oc4ccccc46)ccc3-5)cc21.CC1(C)c2ccccc2-c2ccc(N(c3ccc(-c4ccc5c(c4)oc4ccccc45)cc3)c3ccc(-c4ccc(-c5ccccc5)cc4)c4ccccc34)cc21. The average molecular weight is 1640 g/mol. The van der Waals surface area contributed by atoms with Gasteiger partial charge in [0.25, 0.3) is 0 Å². The second-order valence-corrected chi connectivity index (χ2v) is 37.4. The molecule has 0 atom stereocenters. The zero-order chi connectivity index (χ0) is 86.1. The lowest BCUT2D eigenvalue weighted by atomic mass is 9.79. The minimum atomic E-state index is -0.229. The van der Waals surface area contributed by atoms with E-state index in [0.29, 0.717) is 0 Å². The molecule has 0 aliphatic heterocycles. The summed E-state index contributed by atoms with van der Waals surface area (Å²) >= 11 is 0. The van der Waals surface area contributed by atoms with E-state index < -0.39 is 0 Å². The van der Waals surface area contributed by atoms with Crippen molar-refractivity contribution < 1.29 is 8.83 Å². The fourth-order valence-electron chi connectivity index (χ4n) is 21.9. The van der Waals surface area contributed by atoms with Gasteiger partial charge >= 0.3 is 0 Å². The van der Waals surface area contributed by atoms with Gasteiger partial charge in [-0.3, -0.25) is 0 Å². The van der Waals surface area contributed by atoms with Crippen LogP contribution in [0, 0.1) is 0 Å². The largest absolute Gasteiger partial charge is 0.456 e. The normalized spacial score (nSPS) is 14.0. The van der Waals surface area contributed by atoms with Crippen molar-refractivity contribution in [1.29, 1.82) is 0 Å². The van der Waals surface area contributed by atoms with Crippen molar-refractivity contribution >= 4 is 88.8 Å². The molecular weight excluding hydrogens is 1550 g/mol. The van der Waals surface area contributed by atoms with E-state index in [1.54, 1.807) is 0 Å². The van der Waals surface area contributed by atoms with Crippen LogP contribution >= 0.6 is 0 Å². The van der Waals surface area contributed by atoms with E-state index >= 15 is 0 Å². The molecule has 128 heavy (non-hydrogen) atoms. The van der Waals surface area contributed by atoms with E-state index in [1.807, 2.05) is 18.2 Å². The quantitative estimate of drug-likeness (QED) is 0.122. The molecule has 0 bridgehead atoms. The summed E-state index contributed by atoms with van der Waals surface area (Å²) in [5, 5.41) is 7.02. The number of rotatable bonds is 12. The molecule has 0 N–H and O–H groups in total. The number of benzene rings is 19. The molecule has 4 nitrogen and oxygen atoms in total. The Balaban J connectivity index is 0.000000146. The summed E-state index contributed by atoms with van der Waals surface area (Å²) in [5.74, 6) is 0. The van der Waals surface area contributed by atoms with Crippen molar-refractivity contribution in [3.8, 4) is 111 Å². The lowest BCUT2D eigenvalue weighted by Crippen LogP contribution is -2.18. The first-order valence-corrected chi connectivity index (χ1v) is 44.9. The van der Waals surface area contributed by atoms with Gasteiger partial charge in [-0.1, -0.05) is 347 Å². The highest BCUT2D eigenvalue weighted by Gasteiger charge is 2.44. The molecule has 0 spiro atoms. The number of furan rings is 2. The van der Waals surface area contributed by atoms with Gasteiger partial charge in [0.2, 0.25) is 0 Å². The molecule has 21 aromatic rings. The summed E-state index contributed by atoms with van der Waals surface area (Å²) in [6.45, 7) is 19.1. The van der Waals surface area contributed by atoms with Gasteiger partial charge in [-0.2, -0.15) is 0 Å². The van der Waals surface area contributed by atoms with Crippen LogP contribution in [0.1, 0.15) is 99.9 Å². The first-order chi connectivity index (χ1) is 62.4. The van der Waals surface area contributed by atoms with Gasteiger partial charge < -0.3 is 18.6 Å². The predicted octanol–water partition coefficient (Wildman–Crippen LogP) is 34.5. The van der Waals surface area contributed by atoms with Gasteiger partial charge in [-0.05, 0) is 282 Å². The zero-order valence-corrected chi connectivity index (χ0v) is 73.0. The summed E-state index contributed by atoms with van der Waals surface area (Å²) in [6, 6.07) is 152. The molecule has 0 radical (unpaired) electrons. The smallest absolute Gasteiger partial charge is 0.136 e. The molecule has 4 heteroatoms. The predicted molar refractivity (Wildman–Crippen MR) is 537 cm³/mol. The molecule has 19 aromatic carbocycles. The van der Waals surface area contributed by atoms with Gasteiger partial charge in [0, 0.05) is 77.0 Å². The molecule has 0 saturated heterocycles. The summed E-state index contributed by atoms with van der Waals surface area (Å²) in [5.41, 5.74) is 45.9. The van der Waals surface area contributed by atoms with Crippen molar-refractivity contribution in [1.82, 2.24) is 0 Å². The number of para-hydroxylation sites is 2. The minimum Gasteiger partial charge on any atom is -0.456 e. The summed E-state index contributed by atoms with van der Waals surface area (Å²) in [6.07, 6.45) is 0. The maximum absolute atomic E-state index is 6.32. The van der Waals surface area contributed by atoms with Crippen LogP contribution in [-0.4, -0.2) is 0 Å². The van der Waals surface area contributed by atoms with Crippen LogP contribution in [0.15, 0.2) is 421 Å². The molecule has 2 aromatic heterocycles. The Hall–Kier alpha value is -15.4. The van der Waals surface area contributed by atoms with E-state index in [1.165, 1.54) is 155 Å². The molecule has 0 amide bonds. The maximum Gasteiger partial charge on any atom is 0.136 e. The van der Waals surface area contributed by atoms with Crippen molar-refractivity contribution in [3.63, 3.8) is 0 Å². The van der Waals surface area contributed by atoms with Crippen LogP contribution in [-0.2, 0) is 21.7 Å². The van der Waals surface area contributed by atoms with Gasteiger partial charge in [-0.15, -0.1) is 0 Å². The molecule has 2 heterocycles. The molecule has 0 saturated carbocycles. The van der Waals surface area contributed by atoms with Gasteiger partial charge in [-0.25, -0.2) is 0 Å². The molecular formula is C124H92N2O2. The van der Waals surface area contributed by atoms with E-state index in [2.05, 4.69) is 460 Å². The molecule has 25 rings (SSSR count). The van der Waals surface area contributed by atoms with Gasteiger partial charge in [0.05, 0.1) is 5.69 Å². The fourth-order valence-corrected chi connectivity index (χ4v) is 21.9. The fraction of sp³-hybridized carbons (Fsp3) is 0.0968. The summed E-state index contributed by atoms with van der Waals surface area (Å²) in [4.78, 5) is 4.92. The van der Waals surface area contributed by atoms with E-state index in [0.717, 1.165) is 89.1 Å². The first-order valence-electron chi connectivity index (χ1n) is 44.9. The van der Waals surface area contributed by atoms with Crippen LogP contribution in [0.25, 0.3) is 166 Å². The number of fused-ring (bicyclic) bond motifs is 19. The van der Waals surface area contributed by atoms with E-state index in [4.69, 9.17) is 8.83 Å². The summed E-state index contributed by atoms with van der Waals surface area (Å²) < 4.78 is 12.6. The standard InChI is InChI=1S/C69H53NO.C55H39NO/c1-67(2)59-18-12-10-16-51(59)52-34-30-49(38-61(52)67)70(48-28-24-45(25-29-48)44-22-20-43(21-23-44)42-14-8-7-9-15-42)50-31-35-54-58-41-63-57(40-64(58)69(5,6)62(54)39-50)53-32-26-46(36-60(53)68(63,3)4)47-27-33-56-55-17-11-13-19-65(55)71-66(56)37-47;1-55(2)50-18-10-8-15-45(50)46-31-29-42(35-51(46)55)56(41-27-24-38(25-28-41)40-26-30-49-48-17-9-11-19-53(48)57-54(49)34-40)52-33-32-43(44-14-6-7-16-47(44)52)39-22-20-37(21-23-39)36-12-4-3-5-13-36/h7-41H,1-6H3;3-35H,1-2H3. The van der Waals surface area contributed by atoms with Crippen molar-refractivity contribution in [2.45, 2.75) is 77.0 Å².